The fourth-order valence-corrected chi connectivity index (χ4v) is 4.24. The Balaban J connectivity index is 1.88. The summed E-state index contributed by atoms with van der Waals surface area (Å²) in [6, 6.07) is 0. The maximum Gasteiger partial charge on any atom is 0.262 e. The van der Waals surface area contributed by atoms with Crippen LogP contribution in [0.2, 0.25) is 0 Å². The van der Waals surface area contributed by atoms with E-state index in [1.807, 2.05) is 0 Å². The fraction of sp³-hybridized carbons (Fsp3) is 0.727. The molecule has 8 heteroatoms. The van der Waals surface area contributed by atoms with Crippen molar-refractivity contribution >= 4 is 10.0 Å². The van der Waals surface area contributed by atoms with Gasteiger partial charge in [-0.25, -0.2) is 13.4 Å². The second-order valence-corrected chi connectivity index (χ2v) is 7.09. The third-order valence-electron chi connectivity index (χ3n) is 3.85. The number of ether oxygens (including phenoxy) is 1. The van der Waals surface area contributed by atoms with Crippen molar-refractivity contribution in [3.63, 3.8) is 0 Å². The average Bonchev–Trinajstić information content (AvgIpc) is 3.04. The second kappa shape index (κ2) is 4.27. The monoisotopic (exact) mass is 287 g/mol. The van der Waals surface area contributed by atoms with Crippen LogP contribution in [-0.4, -0.2) is 58.8 Å². The van der Waals surface area contributed by atoms with Crippen LogP contribution in [0.25, 0.3) is 0 Å². The molecule has 1 aromatic heterocycles. The summed E-state index contributed by atoms with van der Waals surface area (Å²) in [5.41, 5.74) is -0.720. The zero-order chi connectivity index (χ0) is 13.7. The first-order chi connectivity index (χ1) is 8.94. The van der Waals surface area contributed by atoms with Gasteiger partial charge in [-0.05, 0) is 12.8 Å². The van der Waals surface area contributed by atoms with Crippen LogP contribution in [0.3, 0.4) is 0 Å². The van der Waals surface area contributed by atoms with Crippen LogP contribution < -0.4 is 0 Å². The van der Waals surface area contributed by atoms with Crippen molar-refractivity contribution < 1.29 is 18.3 Å². The fourth-order valence-electron chi connectivity index (χ4n) is 2.77. The van der Waals surface area contributed by atoms with Gasteiger partial charge in [0.15, 0.2) is 5.03 Å². The molecule has 7 nitrogen and oxygen atoms in total. The van der Waals surface area contributed by atoms with Crippen molar-refractivity contribution in [3.8, 4) is 0 Å². The summed E-state index contributed by atoms with van der Waals surface area (Å²) in [4.78, 5) is 3.88. The lowest BCUT2D eigenvalue weighted by Crippen LogP contribution is -2.41. The largest absolute Gasteiger partial charge is 0.389 e. The highest BCUT2D eigenvalue weighted by Crippen LogP contribution is 2.37. The Morgan fingerprint density at radius 2 is 2.37 bits per heavy atom. The van der Waals surface area contributed by atoms with Crippen molar-refractivity contribution in [1.82, 2.24) is 13.9 Å². The van der Waals surface area contributed by atoms with E-state index in [-0.39, 0.29) is 18.1 Å². The third kappa shape index (κ3) is 1.99. The first kappa shape index (κ1) is 13.0. The van der Waals surface area contributed by atoms with Gasteiger partial charge < -0.3 is 14.4 Å². The van der Waals surface area contributed by atoms with Crippen LogP contribution in [0.1, 0.15) is 12.8 Å². The summed E-state index contributed by atoms with van der Waals surface area (Å²) in [6.45, 7) is 0.848. The molecule has 2 fully saturated rings. The molecule has 0 unspecified atom stereocenters. The SMILES string of the molecule is Cn1cnc(S(=O)(=O)N2C[C@H](O)[C@]3(CCCO3)C2)c1. The van der Waals surface area contributed by atoms with Gasteiger partial charge in [0.05, 0.1) is 12.4 Å². The molecule has 2 aliphatic heterocycles. The maximum absolute atomic E-state index is 12.4. The summed E-state index contributed by atoms with van der Waals surface area (Å²) in [7, 11) is -1.94. The maximum atomic E-state index is 12.4. The normalized spacial score (nSPS) is 32.4. The third-order valence-corrected chi connectivity index (χ3v) is 5.54. The minimum Gasteiger partial charge on any atom is -0.389 e. The Hall–Kier alpha value is -0.960. The summed E-state index contributed by atoms with van der Waals surface area (Å²) in [6.07, 6.45) is 3.69. The van der Waals surface area contributed by atoms with E-state index in [4.69, 9.17) is 4.74 Å². The van der Waals surface area contributed by atoms with Crippen LogP contribution in [-0.2, 0) is 21.8 Å². The van der Waals surface area contributed by atoms with Gasteiger partial charge in [-0.2, -0.15) is 4.31 Å². The molecular formula is C11H17N3O4S. The van der Waals surface area contributed by atoms with Gasteiger partial charge >= 0.3 is 0 Å². The van der Waals surface area contributed by atoms with Crippen molar-refractivity contribution in [2.45, 2.75) is 29.6 Å². The Morgan fingerprint density at radius 1 is 1.58 bits per heavy atom. The van der Waals surface area contributed by atoms with Gasteiger partial charge in [-0.15, -0.1) is 0 Å². The molecule has 0 radical (unpaired) electrons. The lowest BCUT2D eigenvalue weighted by atomic mass is 9.97. The summed E-state index contributed by atoms with van der Waals surface area (Å²) in [5, 5.41) is 10.1. The summed E-state index contributed by atoms with van der Waals surface area (Å²) >= 11 is 0. The number of hydrogen-bond acceptors (Lipinski definition) is 5. The van der Waals surface area contributed by atoms with Gasteiger partial charge in [0.2, 0.25) is 0 Å². The minimum absolute atomic E-state index is 0.0113. The number of nitrogens with zero attached hydrogens (tertiary/aromatic N) is 3. The predicted octanol–water partition coefficient (Wildman–Crippen LogP) is -0.665. The van der Waals surface area contributed by atoms with E-state index < -0.39 is 21.7 Å². The topological polar surface area (TPSA) is 84.7 Å². The number of rotatable bonds is 2. The van der Waals surface area contributed by atoms with Crippen LogP contribution in [0.5, 0.6) is 0 Å². The Labute approximate surface area is 111 Å². The van der Waals surface area contributed by atoms with Crippen molar-refractivity contribution in [2.75, 3.05) is 19.7 Å². The van der Waals surface area contributed by atoms with E-state index in [0.29, 0.717) is 13.0 Å². The highest BCUT2D eigenvalue weighted by Gasteiger charge is 2.52. The van der Waals surface area contributed by atoms with Gasteiger partial charge in [-0.3, -0.25) is 0 Å². The molecule has 0 bridgehead atoms. The molecule has 1 N–H and O–H groups in total. The molecule has 1 aromatic rings. The molecule has 0 saturated carbocycles. The van der Waals surface area contributed by atoms with Crippen LogP contribution in [0.15, 0.2) is 17.6 Å². The molecule has 0 aromatic carbocycles. The number of aliphatic hydroxyl groups is 1. The van der Waals surface area contributed by atoms with E-state index in [1.165, 1.54) is 16.8 Å². The second-order valence-electron chi connectivity index (χ2n) is 5.21. The van der Waals surface area contributed by atoms with Crippen molar-refractivity contribution in [3.05, 3.63) is 12.5 Å². The number of sulfonamides is 1. The highest BCUT2D eigenvalue weighted by molar-refractivity contribution is 7.89. The first-order valence-electron chi connectivity index (χ1n) is 6.24. The van der Waals surface area contributed by atoms with E-state index in [9.17, 15) is 13.5 Å². The molecule has 3 heterocycles. The van der Waals surface area contributed by atoms with E-state index in [1.54, 1.807) is 11.6 Å². The molecule has 2 aliphatic rings. The van der Waals surface area contributed by atoms with Gasteiger partial charge in [-0.1, -0.05) is 0 Å². The molecule has 19 heavy (non-hydrogen) atoms. The molecule has 0 aliphatic carbocycles. The van der Waals surface area contributed by atoms with E-state index in [2.05, 4.69) is 4.98 Å². The quantitative estimate of drug-likeness (QED) is 0.780. The zero-order valence-corrected chi connectivity index (χ0v) is 11.5. The molecule has 3 rings (SSSR count). The highest BCUT2D eigenvalue weighted by atomic mass is 32.2. The molecule has 106 valence electrons. The summed E-state index contributed by atoms with van der Waals surface area (Å²) in [5.74, 6) is 0. The van der Waals surface area contributed by atoms with E-state index in [0.717, 1.165) is 6.42 Å². The number of imidazole rings is 1. The molecule has 2 atom stereocenters. The number of aromatic nitrogens is 2. The molecule has 0 amide bonds. The van der Waals surface area contributed by atoms with Crippen LogP contribution >= 0.6 is 0 Å². The van der Waals surface area contributed by atoms with Crippen molar-refractivity contribution in [1.29, 1.82) is 0 Å². The Kier molecular flexibility index (Phi) is 2.93. The number of β-amino-alcohol motifs (C(OH)–C–C–N with tert-alkyl or cyclic N) is 1. The molecular weight excluding hydrogens is 270 g/mol. The molecule has 2 saturated heterocycles. The number of hydrogen-bond donors (Lipinski definition) is 1. The summed E-state index contributed by atoms with van der Waals surface area (Å²) < 4.78 is 33.3. The van der Waals surface area contributed by atoms with E-state index >= 15 is 0 Å². The lowest BCUT2D eigenvalue weighted by molar-refractivity contribution is -0.0586. The Bertz CT molecular complexity index is 577. The number of aryl methyl sites for hydroxylation is 1. The first-order valence-corrected chi connectivity index (χ1v) is 7.68. The van der Waals surface area contributed by atoms with Gasteiger partial charge in [0.1, 0.15) is 5.60 Å². The molecule has 1 spiro atoms. The zero-order valence-electron chi connectivity index (χ0n) is 10.7. The Morgan fingerprint density at radius 3 is 2.95 bits per heavy atom. The average molecular weight is 287 g/mol. The standard InChI is InChI=1S/C11H17N3O4S/c1-13-6-10(12-8-13)19(16,17)14-5-9(15)11(7-14)3-2-4-18-11/h6,8-9,15H,2-5,7H2,1H3/t9-,11-/m0/s1. The van der Waals surface area contributed by atoms with Crippen LogP contribution in [0.4, 0.5) is 0 Å². The van der Waals surface area contributed by atoms with Crippen molar-refractivity contribution in [2.24, 2.45) is 7.05 Å². The predicted molar refractivity (Wildman–Crippen MR) is 65.9 cm³/mol. The van der Waals surface area contributed by atoms with Crippen LogP contribution in [0, 0.1) is 0 Å². The minimum atomic E-state index is -3.65. The smallest absolute Gasteiger partial charge is 0.262 e. The number of aliphatic hydroxyl groups excluding tert-OH is 1. The van der Waals surface area contributed by atoms with Gasteiger partial charge in [0, 0.05) is 32.9 Å². The van der Waals surface area contributed by atoms with Gasteiger partial charge in [0.25, 0.3) is 10.0 Å². The lowest BCUT2D eigenvalue weighted by Gasteiger charge is -2.25.